The summed E-state index contributed by atoms with van der Waals surface area (Å²) in [5, 5.41) is 3.93. The van der Waals surface area contributed by atoms with Crippen molar-refractivity contribution in [2.45, 2.75) is 44.2 Å². The van der Waals surface area contributed by atoms with Crippen LogP contribution in [0.15, 0.2) is 5.11 Å². The number of ether oxygens (including phenoxy) is 1. The number of methoxy groups -OCH3 is 1. The number of azide groups is 1. The Morgan fingerprint density at radius 2 is 1.93 bits per heavy atom. The van der Waals surface area contributed by atoms with Gasteiger partial charge in [-0.2, -0.15) is 0 Å². The van der Waals surface area contributed by atoms with E-state index in [9.17, 15) is 0 Å². The number of hydrogen-bond donors (Lipinski definition) is 0. The lowest BCUT2D eigenvalue weighted by Crippen LogP contribution is -2.19. The van der Waals surface area contributed by atoms with E-state index in [4.69, 9.17) is 10.3 Å². The molecule has 0 bridgehead atoms. The number of nitrogens with zero attached hydrogens (tertiary/aromatic N) is 3. The third-order valence-corrected chi connectivity index (χ3v) is 3.82. The number of rotatable bonds is 2. The van der Waals surface area contributed by atoms with Gasteiger partial charge in [-0.25, -0.2) is 0 Å². The minimum atomic E-state index is -0.122. The van der Waals surface area contributed by atoms with Crippen LogP contribution < -0.4 is 0 Å². The van der Waals surface area contributed by atoms with Crippen molar-refractivity contribution >= 4 is 0 Å². The minimum absolute atomic E-state index is 0.122. The SMILES string of the molecule is CO[C@H]1C[C@@H]2C[C@@](C)(N=[N+]=[N-])C[C@@H]2C1. The summed E-state index contributed by atoms with van der Waals surface area (Å²) in [4.78, 5) is 2.95. The van der Waals surface area contributed by atoms with E-state index < -0.39 is 0 Å². The lowest BCUT2D eigenvalue weighted by molar-refractivity contribution is 0.0990. The van der Waals surface area contributed by atoms with Gasteiger partial charge in [0, 0.05) is 17.6 Å². The Balaban J connectivity index is 2.02. The maximum absolute atomic E-state index is 8.49. The van der Waals surface area contributed by atoms with Crippen LogP contribution in [0.5, 0.6) is 0 Å². The smallest absolute Gasteiger partial charge is 0.0576 e. The summed E-state index contributed by atoms with van der Waals surface area (Å²) < 4.78 is 5.37. The standard InChI is InChI=1S/C10H17N3O/c1-10(12-13-11)5-7-3-9(14-2)4-8(7)6-10/h7-9H,3-6H2,1-2H3/t7-,8+,9+,10-. The Bertz CT molecular complexity index is 259. The second kappa shape index (κ2) is 3.44. The molecule has 0 heterocycles. The van der Waals surface area contributed by atoms with Gasteiger partial charge in [-0.05, 0) is 43.1 Å². The van der Waals surface area contributed by atoms with Crippen LogP contribution in [0, 0.1) is 11.8 Å². The number of fused-ring (bicyclic) bond motifs is 1. The van der Waals surface area contributed by atoms with Crippen molar-refractivity contribution in [2.24, 2.45) is 17.0 Å². The molecule has 2 rings (SSSR count). The molecule has 78 valence electrons. The van der Waals surface area contributed by atoms with Crippen molar-refractivity contribution < 1.29 is 4.74 Å². The lowest BCUT2D eigenvalue weighted by Gasteiger charge is -2.19. The van der Waals surface area contributed by atoms with Gasteiger partial charge in [0.15, 0.2) is 0 Å². The number of hydrogen-bond acceptors (Lipinski definition) is 2. The van der Waals surface area contributed by atoms with Gasteiger partial charge in [0.1, 0.15) is 0 Å². The molecular weight excluding hydrogens is 178 g/mol. The molecule has 0 aromatic rings. The first-order valence-corrected chi connectivity index (χ1v) is 5.26. The molecule has 2 aliphatic carbocycles. The summed E-state index contributed by atoms with van der Waals surface area (Å²) in [6, 6.07) is 0. The Morgan fingerprint density at radius 3 is 2.36 bits per heavy atom. The van der Waals surface area contributed by atoms with E-state index in [1.54, 1.807) is 7.11 Å². The van der Waals surface area contributed by atoms with E-state index in [-0.39, 0.29) is 5.54 Å². The molecule has 0 N–H and O–H groups in total. The predicted octanol–water partition coefficient (Wildman–Crippen LogP) is 2.89. The quantitative estimate of drug-likeness (QED) is 0.379. The topological polar surface area (TPSA) is 58.0 Å². The molecule has 4 atom stereocenters. The zero-order valence-corrected chi connectivity index (χ0v) is 8.81. The normalized spacial score (nSPS) is 46.0. The van der Waals surface area contributed by atoms with Crippen LogP contribution in [0.1, 0.15) is 32.6 Å². The molecule has 4 nitrogen and oxygen atoms in total. The van der Waals surface area contributed by atoms with Crippen molar-refractivity contribution in [3.05, 3.63) is 10.4 Å². The van der Waals surface area contributed by atoms with Crippen molar-refractivity contribution in [2.75, 3.05) is 7.11 Å². The summed E-state index contributed by atoms with van der Waals surface area (Å²) in [5.41, 5.74) is 8.36. The molecule has 0 radical (unpaired) electrons. The van der Waals surface area contributed by atoms with Crippen LogP contribution in [-0.2, 0) is 4.74 Å². The highest BCUT2D eigenvalue weighted by atomic mass is 16.5. The first-order chi connectivity index (χ1) is 6.67. The van der Waals surface area contributed by atoms with Crippen LogP contribution in [0.2, 0.25) is 0 Å². The van der Waals surface area contributed by atoms with E-state index in [1.165, 1.54) is 0 Å². The average molecular weight is 195 g/mol. The van der Waals surface area contributed by atoms with E-state index in [0.717, 1.165) is 37.5 Å². The first-order valence-electron chi connectivity index (χ1n) is 5.26. The highest BCUT2D eigenvalue weighted by Crippen LogP contribution is 2.50. The molecule has 2 fully saturated rings. The first kappa shape index (κ1) is 9.81. The predicted molar refractivity (Wildman–Crippen MR) is 53.8 cm³/mol. The van der Waals surface area contributed by atoms with Crippen LogP contribution in [0.4, 0.5) is 0 Å². The van der Waals surface area contributed by atoms with Crippen LogP contribution >= 0.6 is 0 Å². The Kier molecular flexibility index (Phi) is 2.41. The van der Waals surface area contributed by atoms with Gasteiger partial charge >= 0.3 is 0 Å². The molecule has 0 aliphatic heterocycles. The zero-order chi connectivity index (χ0) is 10.2. The highest BCUT2D eigenvalue weighted by Gasteiger charge is 2.46. The molecular formula is C10H17N3O. The van der Waals surface area contributed by atoms with Gasteiger partial charge in [-0.15, -0.1) is 0 Å². The summed E-state index contributed by atoms with van der Waals surface area (Å²) in [6.45, 7) is 2.08. The Hall–Kier alpha value is -0.730. The molecule has 4 heteroatoms. The fourth-order valence-corrected chi connectivity index (χ4v) is 3.25. The summed E-state index contributed by atoms with van der Waals surface area (Å²) in [5.74, 6) is 1.44. The van der Waals surface area contributed by atoms with Crippen LogP contribution in [0.3, 0.4) is 0 Å². The van der Waals surface area contributed by atoms with Gasteiger partial charge in [-0.1, -0.05) is 12.0 Å². The van der Waals surface area contributed by atoms with Crippen molar-refractivity contribution in [3.8, 4) is 0 Å². The van der Waals surface area contributed by atoms with E-state index in [2.05, 4.69) is 16.9 Å². The van der Waals surface area contributed by atoms with Crippen LogP contribution in [-0.4, -0.2) is 18.8 Å². The highest BCUT2D eigenvalue weighted by molar-refractivity contribution is 5.02. The van der Waals surface area contributed by atoms with Gasteiger partial charge in [0.05, 0.1) is 6.10 Å². The molecule has 14 heavy (non-hydrogen) atoms. The molecule has 0 unspecified atom stereocenters. The Labute approximate surface area is 84.3 Å². The second-order valence-corrected chi connectivity index (χ2v) is 4.94. The second-order valence-electron chi connectivity index (χ2n) is 4.94. The van der Waals surface area contributed by atoms with E-state index in [1.807, 2.05) is 0 Å². The Morgan fingerprint density at radius 1 is 1.36 bits per heavy atom. The van der Waals surface area contributed by atoms with Crippen molar-refractivity contribution in [1.82, 2.24) is 0 Å². The summed E-state index contributed by atoms with van der Waals surface area (Å²) >= 11 is 0. The third kappa shape index (κ3) is 1.60. The third-order valence-electron chi connectivity index (χ3n) is 3.82. The maximum atomic E-state index is 8.49. The monoisotopic (exact) mass is 195 g/mol. The summed E-state index contributed by atoms with van der Waals surface area (Å²) in [7, 11) is 1.79. The van der Waals surface area contributed by atoms with Crippen molar-refractivity contribution in [1.29, 1.82) is 0 Å². The maximum Gasteiger partial charge on any atom is 0.0576 e. The fourth-order valence-electron chi connectivity index (χ4n) is 3.25. The van der Waals surface area contributed by atoms with Crippen molar-refractivity contribution in [3.63, 3.8) is 0 Å². The van der Waals surface area contributed by atoms with Gasteiger partial charge < -0.3 is 4.74 Å². The largest absolute Gasteiger partial charge is 0.381 e. The molecule has 0 aromatic carbocycles. The molecule has 2 aliphatic rings. The molecule has 0 saturated heterocycles. The molecule has 0 spiro atoms. The molecule has 2 saturated carbocycles. The van der Waals surface area contributed by atoms with E-state index in [0.29, 0.717) is 6.10 Å². The fraction of sp³-hybridized carbons (Fsp3) is 1.00. The zero-order valence-electron chi connectivity index (χ0n) is 8.81. The minimum Gasteiger partial charge on any atom is -0.381 e. The van der Waals surface area contributed by atoms with Gasteiger partial charge in [0.25, 0.3) is 0 Å². The lowest BCUT2D eigenvalue weighted by atomic mass is 9.97. The van der Waals surface area contributed by atoms with Gasteiger partial charge in [0.2, 0.25) is 0 Å². The van der Waals surface area contributed by atoms with Crippen LogP contribution in [0.25, 0.3) is 10.4 Å². The van der Waals surface area contributed by atoms with Gasteiger partial charge in [-0.3, -0.25) is 0 Å². The molecule has 0 amide bonds. The molecule has 0 aromatic heterocycles. The average Bonchev–Trinajstić information content (AvgIpc) is 2.59. The summed E-state index contributed by atoms with van der Waals surface area (Å²) in [6.07, 6.45) is 4.83. The van der Waals surface area contributed by atoms with E-state index >= 15 is 0 Å².